The molecule has 5 nitrogen and oxygen atoms in total. The molecule has 6 aliphatic rings. The number of ether oxygens (including phenoxy) is 3. The summed E-state index contributed by atoms with van der Waals surface area (Å²) in [6.45, 7) is 15.9. The lowest BCUT2D eigenvalue weighted by Gasteiger charge is -2.60. The van der Waals surface area contributed by atoms with E-state index in [1.807, 2.05) is 0 Å². The van der Waals surface area contributed by atoms with Crippen LogP contribution in [0.3, 0.4) is 0 Å². The third-order valence-corrected chi connectivity index (χ3v) is 12.8. The summed E-state index contributed by atoms with van der Waals surface area (Å²) < 4.78 is 19.2. The first-order valence-electron chi connectivity index (χ1n) is 14.6. The van der Waals surface area contributed by atoms with E-state index in [-0.39, 0.29) is 46.3 Å². The van der Waals surface area contributed by atoms with Crippen molar-refractivity contribution in [1.29, 1.82) is 0 Å². The zero-order chi connectivity index (χ0) is 25.2. The van der Waals surface area contributed by atoms with Crippen molar-refractivity contribution >= 4 is 5.97 Å². The Kier molecular flexibility index (Phi) is 5.27. The van der Waals surface area contributed by atoms with Crippen molar-refractivity contribution in [2.75, 3.05) is 0 Å². The number of hydrogen-bond acceptors (Lipinski definition) is 5. The molecule has 0 radical (unpaired) electrons. The minimum atomic E-state index is -0.906. The van der Waals surface area contributed by atoms with Gasteiger partial charge in [-0.2, -0.15) is 0 Å². The Morgan fingerprint density at radius 3 is 2.43 bits per heavy atom. The van der Waals surface area contributed by atoms with Gasteiger partial charge in [-0.25, -0.2) is 0 Å². The lowest BCUT2D eigenvalue weighted by Crippen LogP contribution is -2.72. The summed E-state index contributed by atoms with van der Waals surface area (Å²) in [5.74, 6) is 3.24. The second kappa shape index (κ2) is 7.47. The maximum absolute atomic E-state index is 12.1. The van der Waals surface area contributed by atoms with E-state index in [1.165, 1.54) is 32.6 Å². The first-order chi connectivity index (χ1) is 16.3. The second-order valence-corrected chi connectivity index (χ2v) is 14.5. The van der Waals surface area contributed by atoms with Crippen molar-refractivity contribution < 1.29 is 24.1 Å². The van der Waals surface area contributed by atoms with Gasteiger partial charge in [0, 0.05) is 25.2 Å². The Hall–Kier alpha value is -0.650. The Labute approximate surface area is 212 Å². The first-order valence-corrected chi connectivity index (χ1v) is 14.6. The molecule has 0 aromatic rings. The topological polar surface area (TPSA) is 71.6 Å². The van der Waals surface area contributed by atoms with Crippen LogP contribution < -0.4 is 0 Å². The van der Waals surface area contributed by atoms with Crippen molar-refractivity contribution in [1.82, 2.24) is 0 Å². The van der Waals surface area contributed by atoms with Gasteiger partial charge < -0.3 is 19.3 Å². The molecule has 2 spiro atoms. The number of hydrogen-bond donors (Lipinski definition) is 1. The van der Waals surface area contributed by atoms with Gasteiger partial charge in [-0.1, -0.05) is 54.4 Å². The van der Waals surface area contributed by atoms with Crippen molar-refractivity contribution in [3.05, 3.63) is 0 Å². The number of fused-ring (bicyclic) bond motifs is 2. The summed E-state index contributed by atoms with van der Waals surface area (Å²) in [5.41, 5.74) is -1.60. The van der Waals surface area contributed by atoms with E-state index in [2.05, 4.69) is 41.5 Å². The average molecular weight is 489 g/mol. The van der Waals surface area contributed by atoms with Gasteiger partial charge in [0.05, 0.1) is 17.8 Å². The third-order valence-electron chi connectivity index (χ3n) is 12.8. The van der Waals surface area contributed by atoms with Crippen LogP contribution in [-0.4, -0.2) is 46.2 Å². The predicted molar refractivity (Wildman–Crippen MR) is 134 cm³/mol. The Morgan fingerprint density at radius 2 is 1.74 bits per heavy atom. The molecular formula is C30H48O5. The molecule has 6 rings (SSSR count). The van der Waals surface area contributed by atoms with Gasteiger partial charge in [0.1, 0.15) is 17.3 Å². The van der Waals surface area contributed by atoms with Crippen molar-refractivity contribution in [2.45, 2.75) is 141 Å². The van der Waals surface area contributed by atoms with Gasteiger partial charge in [-0.3, -0.25) is 4.79 Å². The van der Waals surface area contributed by atoms with Crippen LogP contribution in [0.5, 0.6) is 0 Å². The molecule has 0 unspecified atom stereocenters. The van der Waals surface area contributed by atoms with E-state index in [9.17, 15) is 9.90 Å². The number of esters is 1. The van der Waals surface area contributed by atoms with Gasteiger partial charge in [0.15, 0.2) is 0 Å². The third kappa shape index (κ3) is 2.95. The highest BCUT2D eigenvalue weighted by Gasteiger charge is 2.96. The Bertz CT molecular complexity index is 903. The number of rotatable bonds is 6. The van der Waals surface area contributed by atoms with Crippen LogP contribution in [0.25, 0.3) is 0 Å². The maximum atomic E-state index is 12.1. The number of aliphatic hydroxyl groups is 1. The summed E-state index contributed by atoms with van der Waals surface area (Å²) in [4.78, 5) is 11.6. The number of carbonyl (C=O) groups excluding carboxylic acids is 1. The van der Waals surface area contributed by atoms with Crippen LogP contribution in [-0.2, 0) is 19.0 Å². The van der Waals surface area contributed by atoms with Crippen LogP contribution >= 0.6 is 0 Å². The summed E-state index contributed by atoms with van der Waals surface area (Å²) in [6, 6.07) is 0. The van der Waals surface area contributed by atoms with Crippen LogP contribution in [0.2, 0.25) is 0 Å². The molecule has 5 heteroatoms. The average Bonchev–Trinajstić information content (AvgIpc) is 3.63. The summed E-state index contributed by atoms with van der Waals surface area (Å²) >= 11 is 0. The standard InChI is InChI=1S/C30H48O5/c1-17(2)18(3)8-9-19(4)22-10-11-23-26(22,6)15-25-30(35-25)27(7)13-12-21(33-20(5)31)14-28(27,32)16-24-29(23,30)34-24/h17-19,21-25,32H,8-16H2,1-7H3/t18-,19+,21-,22+,23+,24+,25-,26+,27-,28-,29-,30-/m0/s1. The molecule has 0 amide bonds. The zero-order valence-electron chi connectivity index (χ0n) is 23.1. The van der Waals surface area contributed by atoms with Crippen LogP contribution in [0.1, 0.15) is 106 Å². The monoisotopic (exact) mass is 488 g/mol. The van der Waals surface area contributed by atoms with Gasteiger partial charge in [-0.05, 0) is 67.1 Å². The lowest BCUT2D eigenvalue weighted by atomic mass is 9.42. The predicted octanol–water partition coefficient (Wildman–Crippen LogP) is 5.66. The molecule has 6 fully saturated rings. The van der Waals surface area contributed by atoms with E-state index < -0.39 is 5.60 Å². The smallest absolute Gasteiger partial charge is 0.302 e. The quantitative estimate of drug-likeness (QED) is 0.386. The van der Waals surface area contributed by atoms with E-state index in [1.54, 1.807) is 0 Å². The molecule has 4 saturated carbocycles. The minimum absolute atomic E-state index is 0.0706. The lowest BCUT2D eigenvalue weighted by molar-refractivity contribution is -0.209. The molecule has 12 atom stereocenters. The summed E-state index contributed by atoms with van der Waals surface area (Å²) in [7, 11) is 0. The van der Waals surface area contributed by atoms with Crippen molar-refractivity contribution in [3.63, 3.8) is 0 Å². The molecule has 0 aromatic carbocycles. The largest absolute Gasteiger partial charge is 0.462 e. The molecule has 2 saturated heterocycles. The van der Waals surface area contributed by atoms with Gasteiger partial charge in [0.25, 0.3) is 0 Å². The highest BCUT2D eigenvalue weighted by atomic mass is 16.7. The SMILES string of the molecule is CC(=O)O[C@H]1CC[C@@]2(C)[C@](O)(C1)C[C@H]1O[C@@]13[C@@H]1CC[C@H]([C@H](C)CC[C@H](C)C(C)C)[C@@]1(C)C[C@@H]1O[C@]132. The zero-order valence-corrected chi connectivity index (χ0v) is 23.1. The molecule has 198 valence electrons. The fourth-order valence-corrected chi connectivity index (χ4v) is 10.4. The first kappa shape index (κ1) is 24.7. The van der Waals surface area contributed by atoms with E-state index >= 15 is 0 Å². The fraction of sp³-hybridized carbons (Fsp3) is 0.967. The molecule has 0 bridgehead atoms. The van der Waals surface area contributed by atoms with Crippen LogP contribution in [0, 0.1) is 40.4 Å². The van der Waals surface area contributed by atoms with Crippen molar-refractivity contribution in [2.24, 2.45) is 40.4 Å². The number of epoxide rings is 2. The van der Waals surface area contributed by atoms with Gasteiger partial charge in [-0.15, -0.1) is 0 Å². The number of carbonyl (C=O) groups is 1. The molecular weight excluding hydrogens is 440 g/mol. The molecule has 2 heterocycles. The molecule has 2 aliphatic heterocycles. The molecule has 4 aliphatic carbocycles. The Morgan fingerprint density at radius 1 is 1.00 bits per heavy atom. The van der Waals surface area contributed by atoms with Gasteiger partial charge in [0.2, 0.25) is 0 Å². The molecule has 35 heavy (non-hydrogen) atoms. The highest BCUT2D eigenvalue weighted by Crippen LogP contribution is 2.84. The maximum Gasteiger partial charge on any atom is 0.302 e. The van der Waals surface area contributed by atoms with Crippen LogP contribution in [0.4, 0.5) is 0 Å². The summed E-state index contributed by atoms with van der Waals surface area (Å²) in [6.07, 6.45) is 9.09. The normalized spacial score (nSPS) is 55.1. The fourth-order valence-electron chi connectivity index (χ4n) is 10.4. The molecule has 0 aromatic heterocycles. The summed E-state index contributed by atoms with van der Waals surface area (Å²) in [5, 5.41) is 12.1. The van der Waals surface area contributed by atoms with E-state index in [4.69, 9.17) is 14.2 Å². The minimum Gasteiger partial charge on any atom is -0.462 e. The van der Waals surface area contributed by atoms with E-state index in [0.717, 1.165) is 42.9 Å². The molecule has 1 N–H and O–H groups in total. The van der Waals surface area contributed by atoms with Crippen molar-refractivity contribution in [3.8, 4) is 0 Å². The van der Waals surface area contributed by atoms with E-state index in [0.29, 0.717) is 18.8 Å². The van der Waals surface area contributed by atoms with Crippen LogP contribution in [0.15, 0.2) is 0 Å². The second-order valence-electron chi connectivity index (χ2n) is 14.5. The Balaban J connectivity index is 1.26. The highest BCUT2D eigenvalue weighted by molar-refractivity contribution is 5.66. The van der Waals surface area contributed by atoms with Gasteiger partial charge >= 0.3 is 5.97 Å².